The largest absolute Gasteiger partial charge is 0.324 e. The van der Waals surface area contributed by atoms with Gasteiger partial charge in [0.1, 0.15) is 12.4 Å². The summed E-state index contributed by atoms with van der Waals surface area (Å²) in [6.45, 7) is 0.803. The molecule has 0 saturated carbocycles. The first-order chi connectivity index (χ1) is 14.9. The molecule has 1 aliphatic rings. The fraction of sp³-hybridized carbons (Fsp3) is 0.300. The van der Waals surface area contributed by atoms with Gasteiger partial charge < -0.3 is 5.32 Å². The Hall–Kier alpha value is -3.18. The highest BCUT2D eigenvalue weighted by atomic mass is 32.2. The highest BCUT2D eigenvalue weighted by Gasteiger charge is 2.26. The minimum Gasteiger partial charge on any atom is -0.324 e. The van der Waals surface area contributed by atoms with Crippen LogP contribution in [0.3, 0.4) is 0 Å². The van der Waals surface area contributed by atoms with Crippen molar-refractivity contribution in [1.82, 2.24) is 24.5 Å². The van der Waals surface area contributed by atoms with E-state index in [9.17, 15) is 17.6 Å². The number of nitrogens with one attached hydrogen (secondary N) is 1. The molecule has 2 aromatic carbocycles. The molecule has 1 N–H and O–H groups in total. The van der Waals surface area contributed by atoms with Gasteiger partial charge in [0.2, 0.25) is 21.8 Å². The van der Waals surface area contributed by atoms with E-state index in [-0.39, 0.29) is 23.1 Å². The number of sulfonamides is 1. The zero-order chi connectivity index (χ0) is 21.8. The second-order valence-corrected chi connectivity index (χ2v) is 9.13. The van der Waals surface area contributed by atoms with Crippen LogP contribution >= 0.6 is 0 Å². The summed E-state index contributed by atoms with van der Waals surface area (Å²) in [5.41, 5.74) is 0.936. The van der Waals surface area contributed by atoms with E-state index in [2.05, 4.69) is 20.7 Å². The number of aromatic nitrogens is 4. The highest BCUT2D eigenvalue weighted by molar-refractivity contribution is 7.89. The second-order valence-electron chi connectivity index (χ2n) is 7.19. The molecular formula is C20H21FN6O3S. The molecule has 1 amide bonds. The maximum atomic E-state index is 13.0. The zero-order valence-corrected chi connectivity index (χ0v) is 17.4. The Bertz CT molecular complexity index is 1170. The van der Waals surface area contributed by atoms with Crippen LogP contribution in [-0.4, -0.2) is 51.9 Å². The van der Waals surface area contributed by atoms with Gasteiger partial charge in [-0.25, -0.2) is 12.8 Å². The summed E-state index contributed by atoms with van der Waals surface area (Å²) < 4.78 is 40.2. The third kappa shape index (κ3) is 4.94. The van der Waals surface area contributed by atoms with E-state index in [0.29, 0.717) is 24.3 Å². The van der Waals surface area contributed by atoms with Crippen molar-refractivity contribution in [2.45, 2.75) is 30.7 Å². The van der Waals surface area contributed by atoms with Gasteiger partial charge in [0, 0.05) is 24.3 Å². The lowest BCUT2D eigenvalue weighted by Crippen LogP contribution is -2.35. The lowest BCUT2D eigenvalue weighted by molar-refractivity contribution is -0.117. The first kappa shape index (κ1) is 21.1. The van der Waals surface area contributed by atoms with Gasteiger partial charge in [-0.1, -0.05) is 12.5 Å². The number of hydrogen-bond donors (Lipinski definition) is 1. The smallest absolute Gasteiger partial charge is 0.248 e. The molecular weight excluding hydrogens is 423 g/mol. The molecule has 0 bridgehead atoms. The minimum atomic E-state index is -3.59. The average Bonchev–Trinajstić information content (AvgIpc) is 3.23. The van der Waals surface area contributed by atoms with Crippen molar-refractivity contribution in [1.29, 1.82) is 0 Å². The molecule has 0 unspecified atom stereocenters. The van der Waals surface area contributed by atoms with Gasteiger partial charge in [0.25, 0.3) is 0 Å². The molecule has 3 aromatic rings. The molecule has 11 heteroatoms. The molecule has 31 heavy (non-hydrogen) atoms. The number of hydrogen-bond acceptors (Lipinski definition) is 6. The normalized spacial score (nSPS) is 15.0. The number of piperidine rings is 1. The summed E-state index contributed by atoms with van der Waals surface area (Å²) in [5, 5.41) is 14.5. The monoisotopic (exact) mass is 444 g/mol. The average molecular weight is 444 g/mol. The van der Waals surface area contributed by atoms with Crippen LogP contribution in [0.1, 0.15) is 19.3 Å². The van der Waals surface area contributed by atoms with Crippen molar-refractivity contribution in [3.05, 3.63) is 54.3 Å². The van der Waals surface area contributed by atoms with Crippen LogP contribution in [0.25, 0.3) is 11.4 Å². The Balaban J connectivity index is 1.42. The first-order valence-corrected chi connectivity index (χ1v) is 11.3. The second kappa shape index (κ2) is 8.90. The Labute approximate surface area is 178 Å². The quantitative estimate of drug-likeness (QED) is 0.625. The molecule has 1 saturated heterocycles. The summed E-state index contributed by atoms with van der Waals surface area (Å²) in [7, 11) is -3.59. The van der Waals surface area contributed by atoms with E-state index in [1.807, 2.05) is 0 Å². The predicted octanol–water partition coefficient (Wildman–Crippen LogP) is 2.29. The van der Waals surface area contributed by atoms with Crippen molar-refractivity contribution in [3.8, 4) is 11.4 Å². The Morgan fingerprint density at radius 2 is 1.81 bits per heavy atom. The number of rotatable bonds is 6. The standard InChI is InChI=1S/C20H21FN6O3S/c21-16-9-7-15(8-10-16)20-23-25-27(24-20)14-19(28)22-17-5-4-6-18(13-17)31(29,30)26-11-2-1-3-12-26/h4-10,13H,1-3,11-12,14H2,(H,22,28). The third-order valence-electron chi connectivity index (χ3n) is 4.91. The van der Waals surface area contributed by atoms with E-state index in [1.165, 1.54) is 40.7 Å². The third-order valence-corrected chi connectivity index (χ3v) is 6.81. The number of carbonyl (C=O) groups excluding carboxylic acids is 1. The number of anilines is 1. The zero-order valence-electron chi connectivity index (χ0n) is 16.6. The number of carbonyl (C=O) groups is 1. The number of nitrogens with zero attached hydrogens (tertiary/aromatic N) is 5. The van der Waals surface area contributed by atoms with Gasteiger partial charge in [-0.3, -0.25) is 4.79 Å². The van der Waals surface area contributed by atoms with Gasteiger partial charge >= 0.3 is 0 Å². The molecule has 0 atom stereocenters. The molecule has 1 aliphatic heterocycles. The molecule has 1 fully saturated rings. The molecule has 0 aliphatic carbocycles. The maximum absolute atomic E-state index is 13.0. The molecule has 1 aromatic heterocycles. The van der Waals surface area contributed by atoms with Gasteiger partial charge in [-0.2, -0.15) is 9.10 Å². The SMILES string of the molecule is O=C(Cn1nnc(-c2ccc(F)cc2)n1)Nc1cccc(S(=O)(=O)N2CCCCC2)c1. The minimum absolute atomic E-state index is 0.143. The molecule has 9 nitrogen and oxygen atoms in total. The van der Waals surface area contributed by atoms with Crippen molar-refractivity contribution < 1.29 is 17.6 Å². The van der Waals surface area contributed by atoms with Crippen LogP contribution in [0.15, 0.2) is 53.4 Å². The van der Waals surface area contributed by atoms with Crippen molar-refractivity contribution >= 4 is 21.6 Å². The highest BCUT2D eigenvalue weighted by Crippen LogP contribution is 2.23. The van der Waals surface area contributed by atoms with E-state index >= 15 is 0 Å². The van der Waals surface area contributed by atoms with E-state index in [0.717, 1.165) is 24.1 Å². The van der Waals surface area contributed by atoms with Gasteiger partial charge in [-0.05, 0) is 60.5 Å². The molecule has 162 valence electrons. The number of benzene rings is 2. The van der Waals surface area contributed by atoms with E-state index in [1.54, 1.807) is 12.1 Å². The molecule has 4 rings (SSSR count). The van der Waals surface area contributed by atoms with Crippen molar-refractivity contribution in [2.24, 2.45) is 0 Å². The van der Waals surface area contributed by atoms with Crippen LogP contribution in [0.4, 0.5) is 10.1 Å². The van der Waals surface area contributed by atoms with Crippen LogP contribution < -0.4 is 5.32 Å². The first-order valence-electron chi connectivity index (χ1n) is 9.86. The van der Waals surface area contributed by atoms with Crippen LogP contribution in [-0.2, 0) is 21.4 Å². The summed E-state index contributed by atoms with van der Waals surface area (Å²) in [4.78, 5) is 13.6. The number of amides is 1. The van der Waals surface area contributed by atoms with Crippen molar-refractivity contribution in [2.75, 3.05) is 18.4 Å². The fourth-order valence-corrected chi connectivity index (χ4v) is 4.91. The van der Waals surface area contributed by atoms with E-state index in [4.69, 9.17) is 0 Å². The molecule has 0 spiro atoms. The van der Waals surface area contributed by atoms with Crippen LogP contribution in [0.5, 0.6) is 0 Å². The van der Waals surface area contributed by atoms with Gasteiger partial charge in [0.05, 0.1) is 4.90 Å². The van der Waals surface area contributed by atoms with Crippen molar-refractivity contribution in [3.63, 3.8) is 0 Å². The number of tetrazole rings is 1. The number of halogens is 1. The molecule has 0 radical (unpaired) electrons. The fourth-order valence-electron chi connectivity index (χ4n) is 3.34. The summed E-state index contributed by atoms with van der Waals surface area (Å²) in [5.74, 6) is -0.543. The molecule has 2 heterocycles. The topological polar surface area (TPSA) is 110 Å². The summed E-state index contributed by atoms with van der Waals surface area (Å²) in [6, 6.07) is 11.8. The Morgan fingerprint density at radius 3 is 2.55 bits per heavy atom. The Morgan fingerprint density at radius 1 is 1.06 bits per heavy atom. The summed E-state index contributed by atoms with van der Waals surface area (Å²) >= 11 is 0. The van der Waals surface area contributed by atoms with Crippen LogP contribution in [0.2, 0.25) is 0 Å². The summed E-state index contributed by atoms with van der Waals surface area (Å²) in [6.07, 6.45) is 2.72. The van der Waals surface area contributed by atoms with E-state index < -0.39 is 15.9 Å². The van der Waals surface area contributed by atoms with Crippen LogP contribution in [0, 0.1) is 5.82 Å². The van der Waals surface area contributed by atoms with Gasteiger partial charge in [0.15, 0.2) is 0 Å². The predicted molar refractivity (Wildman–Crippen MR) is 111 cm³/mol. The lowest BCUT2D eigenvalue weighted by atomic mass is 10.2. The Kier molecular flexibility index (Phi) is 6.05. The lowest BCUT2D eigenvalue weighted by Gasteiger charge is -2.26. The van der Waals surface area contributed by atoms with Gasteiger partial charge in [-0.15, -0.1) is 10.2 Å². The maximum Gasteiger partial charge on any atom is 0.248 e.